The van der Waals surface area contributed by atoms with Crippen molar-refractivity contribution in [2.75, 3.05) is 26.2 Å². The monoisotopic (exact) mass is 301 g/mol. The molecule has 2 N–H and O–H groups in total. The highest BCUT2D eigenvalue weighted by Gasteiger charge is 2.34. The Bertz CT molecular complexity index is 486. The number of benzene rings is 1. The molecule has 1 aromatic rings. The van der Waals surface area contributed by atoms with Crippen LogP contribution in [0.4, 0.5) is 0 Å². The maximum Gasteiger partial charge on any atom is 0.236 e. The maximum atomic E-state index is 12.0. The predicted octanol–water partition coefficient (Wildman–Crippen LogP) is 1.85. The Kier molecular flexibility index (Phi) is 5.11. The molecule has 4 heteroatoms. The van der Waals surface area contributed by atoms with Crippen LogP contribution in [0.5, 0.6) is 0 Å². The van der Waals surface area contributed by atoms with Crippen molar-refractivity contribution in [2.45, 2.75) is 38.3 Å². The lowest BCUT2D eigenvalue weighted by molar-refractivity contribution is -0.131. The number of nitrogens with two attached hydrogens (primary N) is 1. The minimum atomic E-state index is 0.127. The zero-order valence-electron chi connectivity index (χ0n) is 13.3. The van der Waals surface area contributed by atoms with E-state index in [1.165, 1.54) is 24.9 Å². The highest BCUT2D eigenvalue weighted by atomic mass is 16.2. The molecule has 1 aliphatic carbocycles. The Morgan fingerprint density at radius 1 is 1.23 bits per heavy atom. The fourth-order valence-electron chi connectivity index (χ4n) is 3.52. The van der Waals surface area contributed by atoms with Gasteiger partial charge in [0.2, 0.25) is 5.91 Å². The maximum absolute atomic E-state index is 12.0. The van der Waals surface area contributed by atoms with Gasteiger partial charge in [-0.2, -0.15) is 0 Å². The molecular weight excluding hydrogens is 274 g/mol. The van der Waals surface area contributed by atoms with Gasteiger partial charge in [-0.15, -0.1) is 0 Å². The number of carbonyl (C=O) groups excluding carboxylic acids is 1. The molecule has 4 nitrogen and oxygen atoms in total. The van der Waals surface area contributed by atoms with Gasteiger partial charge in [0, 0.05) is 25.7 Å². The number of likely N-dealkylation sites (tertiary alicyclic amines) is 1. The van der Waals surface area contributed by atoms with Crippen LogP contribution in [-0.2, 0) is 11.3 Å². The molecule has 1 aliphatic heterocycles. The Morgan fingerprint density at radius 2 is 2.00 bits per heavy atom. The fourth-order valence-corrected chi connectivity index (χ4v) is 3.52. The molecule has 1 amide bonds. The van der Waals surface area contributed by atoms with Gasteiger partial charge in [0.25, 0.3) is 0 Å². The van der Waals surface area contributed by atoms with Crippen molar-refractivity contribution in [1.82, 2.24) is 9.80 Å². The molecule has 0 spiro atoms. The van der Waals surface area contributed by atoms with Crippen LogP contribution in [-0.4, -0.2) is 47.9 Å². The summed E-state index contributed by atoms with van der Waals surface area (Å²) in [5, 5.41) is 0. The lowest BCUT2D eigenvalue weighted by Gasteiger charge is -2.35. The minimum absolute atomic E-state index is 0.127. The van der Waals surface area contributed by atoms with E-state index < -0.39 is 0 Å². The summed E-state index contributed by atoms with van der Waals surface area (Å²) >= 11 is 0. The molecule has 0 bridgehead atoms. The van der Waals surface area contributed by atoms with E-state index in [0.717, 1.165) is 32.5 Å². The van der Waals surface area contributed by atoms with Crippen molar-refractivity contribution >= 4 is 5.91 Å². The first-order valence-corrected chi connectivity index (χ1v) is 8.52. The average Bonchev–Trinajstić information content (AvgIpc) is 3.38. The van der Waals surface area contributed by atoms with Gasteiger partial charge in [-0.1, -0.05) is 30.3 Å². The summed E-state index contributed by atoms with van der Waals surface area (Å²) in [5.74, 6) is 0.719. The number of hydrogen-bond acceptors (Lipinski definition) is 3. The van der Waals surface area contributed by atoms with Gasteiger partial charge in [-0.05, 0) is 43.7 Å². The zero-order valence-corrected chi connectivity index (χ0v) is 13.3. The normalized spacial score (nSPS) is 22.5. The number of hydrogen-bond donors (Lipinski definition) is 1. The smallest absolute Gasteiger partial charge is 0.236 e. The van der Waals surface area contributed by atoms with Gasteiger partial charge in [0.15, 0.2) is 0 Å². The molecule has 22 heavy (non-hydrogen) atoms. The van der Waals surface area contributed by atoms with E-state index in [2.05, 4.69) is 40.1 Å². The van der Waals surface area contributed by atoms with Crippen LogP contribution in [0.15, 0.2) is 30.3 Å². The van der Waals surface area contributed by atoms with Crippen molar-refractivity contribution in [1.29, 1.82) is 0 Å². The molecule has 1 aromatic carbocycles. The highest BCUT2D eigenvalue weighted by molar-refractivity contribution is 5.78. The van der Waals surface area contributed by atoms with Crippen LogP contribution in [0.2, 0.25) is 0 Å². The second-order valence-corrected chi connectivity index (χ2v) is 6.71. The molecule has 1 saturated carbocycles. The van der Waals surface area contributed by atoms with E-state index >= 15 is 0 Å². The molecule has 1 heterocycles. The Balaban J connectivity index is 1.54. The van der Waals surface area contributed by atoms with Gasteiger partial charge in [0.1, 0.15) is 0 Å². The molecule has 2 aliphatic rings. The van der Waals surface area contributed by atoms with E-state index in [1.807, 2.05) is 0 Å². The van der Waals surface area contributed by atoms with E-state index in [-0.39, 0.29) is 12.5 Å². The zero-order chi connectivity index (χ0) is 15.4. The summed E-state index contributed by atoms with van der Waals surface area (Å²) in [5.41, 5.74) is 6.95. The van der Waals surface area contributed by atoms with Gasteiger partial charge in [-0.3, -0.25) is 9.69 Å². The number of carbonyl (C=O) groups is 1. The molecule has 1 saturated heterocycles. The van der Waals surface area contributed by atoms with Crippen molar-refractivity contribution < 1.29 is 4.79 Å². The highest BCUT2D eigenvalue weighted by Crippen LogP contribution is 2.29. The lowest BCUT2D eigenvalue weighted by atomic mass is 9.96. The van der Waals surface area contributed by atoms with Gasteiger partial charge >= 0.3 is 0 Å². The SMILES string of the molecule is NCC(=O)N(C[C@H]1CCCN(Cc2ccccc2)C1)C1CC1. The number of nitrogens with zero attached hydrogens (tertiary/aromatic N) is 2. The van der Waals surface area contributed by atoms with E-state index in [4.69, 9.17) is 5.73 Å². The van der Waals surface area contributed by atoms with Gasteiger partial charge < -0.3 is 10.6 Å². The van der Waals surface area contributed by atoms with Crippen molar-refractivity contribution in [3.63, 3.8) is 0 Å². The first-order valence-electron chi connectivity index (χ1n) is 8.52. The van der Waals surface area contributed by atoms with Crippen LogP contribution in [0, 0.1) is 5.92 Å². The number of piperidine rings is 1. The molecule has 1 atom stereocenters. The largest absolute Gasteiger partial charge is 0.338 e. The third-order valence-electron chi connectivity index (χ3n) is 4.79. The van der Waals surface area contributed by atoms with E-state index in [9.17, 15) is 4.79 Å². The molecule has 120 valence electrons. The van der Waals surface area contributed by atoms with Crippen LogP contribution >= 0.6 is 0 Å². The molecule has 0 unspecified atom stereocenters. The second kappa shape index (κ2) is 7.25. The third kappa shape index (κ3) is 4.08. The topological polar surface area (TPSA) is 49.6 Å². The third-order valence-corrected chi connectivity index (χ3v) is 4.79. The van der Waals surface area contributed by atoms with Crippen molar-refractivity contribution in [3.8, 4) is 0 Å². The quantitative estimate of drug-likeness (QED) is 0.872. The van der Waals surface area contributed by atoms with Gasteiger partial charge in [-0.25, -0.2) is 0 Å². The van der Waals surface area contributed by atoms with Crippen LogP contribution < -0.4 is 5.73 Å². The van der Waals surface area contributed by atoms with E-state index in [0.29, 0.717) is 12.0 Å². The number of amides is 1. The van der Waals surface area contributed by atoms with Crippen LogP contribution in [0.3, 0.4) is 0 Å². The average molecular weight is 301 g/mol. The second-order valence-electron chi connectivity index (χ2n) is 6.71. The first-order chi connectivity index (χ1) is 10.8. The van der Waals surface area contributed by atoms with Crippen LogP contribution in [0.25, 0.3) is 0 Å². The van der Waals surface area contributed by atoms with E-state index in [1.54, 1.807) is 0 Å². The molecule has 0 aromatic heterocycles. The first kappa shape index (κ1) is 15.5. The summed E-state index contributed by atoms with van der Waals surface area (Å²) in [4.78, 5) is 16.6. The minimum Gasteiger partial charge on any atom is -0.338 e. The standard InChI is InChI=1S/C18H27N3O/c19-11-18(22)21(17-8-9-17)14-16-7-4-10-20(13-16)12-15-5-2-1-3-6-15/h1-3,5-6,16-17H,4,7-14,19H2/t16-/m0/s1. The molecule has 3 rings (SSSR count). The van der Waals surface area contributed by atoms with Crippen molar-refractivity contribution in [2.24, 2.45) is 11.7 Å². The Morgan fingerprint density at radius 3 is 2.68 bits per heavy atom. The Labute approximate surface area is 133 Å². The number of rotatable bonds is 6. The summed E-state index contributed by atoms with van der Waals surface area (Å²) in [6, 6.07) is 11.1. The fraction of sp³-hybridized carbons (Fsp3) is 0.611. The summed E-state index contributed by atoms with van der Waals surface area (Å²) in [7, 11) is 0. The van der Waals surface area contributed by atoms with Crippen LogP contribution in [0.1, 0.15) is 31.2 Å². The lowest BCUT2D eigenvalue weighted by Crippen LogP contribution is -2.45. The molecule has 0 radical (unpaired) electrons. The summed E-state index contributed by atoms with van der Waals surface area (Å²) in [6.07, 6.45) is 4.78. The summed E-state index contributed by atoms with van der Waals surface area (Å²) < 4.78 is 0. The van der Waals surface area contributed by atoms with Gasteiger partial charge in [0.05, 0.1) is 6.54 Å². The van der Waals surface area contributed by atoms with Crippen molar-refractivity contribution in [3.05, 3.63) is 35.9 Å². The summed E-state index contributed by atoms with van der Waals surface area (Å²) in [6.45, 7) is 4.32. The molecule has 2 fully saturated rings. The Hall–Kier alpha value is -1.39. The predicted molar refractivity (Wildman–Crippen MR) is 88.2 cm³/mol. The molecular formula is C18H27N3O.